The van der Waals surface area contributed by atoms with Crippen LogP contribution in [0.3, 0.4) is 0 Å². The van der Waals surface area contributed by atoms with Gasteiger partial charge in [0.1, 0.15) is 12.9 Å². The molecule has 0 bridgehead atoms. The molecule has 4 heteroatoms. The van der Waals surface area contributed by atoms with E-state index in [1.54, 1.807) is 0 Å². The van der Waals surface area contributed by atoms with Crippen LogP contribution in [-0.2, 0) is 14.3 Å². The van der Waals surface area contributed by atoms with E-state index in [0.717, 1.165) is 31.8 Å². The predicted octanol–water partition coefficient (Wildman–Crippen LogP) is 0.626. The average Bonchev–Trinajstić information content (AvgIpc) is 2.21. The van der Waals surface area contributed by atoms with Crippen molar-refractivity contribution in [3.8, 4) is 0 Å². The van der Waals surface area contributed by atoms with Gasteiger partial charge in [0.15, 0.2) is 0 Å². The van der Waals surface area contributed by atoms with Gasteiger partial charge in [0.25, 0.3) is 0 Å². The molecule has 0 aliphatic heterocycles. The molecule has 80 valence electrons. The van der Waals surface area contributed by atoms with E-state index in [4.69, 9.17) is 4.74 Å². The number of carbonyl (C=O) groups is 2. The Hall–Kier alpha value is -1.16. The molecule has 0 radical (unpaired) electrons. The number of rotatable bonds is 7. The molecule has 0 aromatic rings. The highest BCUT2D eigenvalue weighted by Gasteiger charge is 2.00. The smallest absolute Gasteiger partial charge is 0.330 e. The van der Waals surface area contributed by atoms with Crippen molar-refractivity contribution < 1.29 is 14.3 Å². The van der Waals surface area contributed by atoms with Crippen LogP contribution < -0.4 is 0 Å². The van der Waals surface area contributed by atoms with Gasteiger partial charge >= 0.3 is 5.97 Å². The fourth-order valence-electron chi connectivity index (χ4n) is 0.981. The zero-order valence-electron chi connectivity index (χ0n) is 8.73. The first-order chi connectivity index (χ1) is 6.74. The summed E-state index contributed by atoms with van der Waals surface area (Å²) >= 11 is 0. The topological polar surface area (TPSA) is 46.6 Å². The van der Waals surface area contributed by atoms with Gasteiger partial charge in [-0.2, -0.15) is 0 Å². The summed E-state index contributed by atoms with van der Waals surface area (Å²) in [7, 11) is 0. The Bertz CT molecular complexity index is 198. The number of carbonyl (C=O) groups excluding carboxylic acids is 2. The van der Waals surface area contributed by atoms with E-state index in [-0.39, 0.29) is 0 Å². The van der Waals surface area contributed by atoms with Gasteiger partial charge in [-0.25, -0.2) is 4.79 Å². The van der Waals surface area contributed by atoms with Crippen molar-refractivity contribution in [1.82, 2.24) is 4.90 Å². The highest BCUT2D eigenvalue weighted by molar-refractivity contribution is 5.86. The number of hydrogen-bond acceptors (Lipinski definition) is 4. The number of allylic oxidation sites excluding steroid dienone is 1. The first kappa shape index (κ1) is 12.8. The lowest BCUT2D eigenvalue weighted by atomic mass is 10.5. The molecule has 0 saturated heterocycles. The summed E-state index contributed by atoms with van der Waals surface area (Å²) in [6, 6.07) is 0. The monoisotopic (exact) mass is 199 g/mol. The van der Waals surface area contributed by atoms with E-state index in [1.807, 2.05) is 0 Å². The van der Waals surface area contributed by atoms with E-state index in [2.05, 4.69) is 18.7 Å². The number of ether oxygens (including phenoxy) is 1. The Balaban J connectivity index is 3.57. The maximum atomic E-state index is 10.9. The second-order valence-corrected chi connectivity index (χ2v) is 2.69. The maximum Gasteiger partial charge on any atom is 0.330 e. The summed E-state index contributed by atoms with van der Waals surface area (Å²) in [6.07, 6.45) is 2.79. The van der Waals surface area contributed by atoms with Crippen molar-refractivity contribution in [1.29, 1.82) is 0 Å². The van der Waals surface area contributed by atoms with Crippen LogP contribution in [0.25, 0.3) is 0 Å². The van der Waals surface area contributed by atoms with Gasteiger partial charge < -0.3 is 9.64 Å². The molecule has 4 nitrogen and oxygen atoms in total. The van der Waals surface area contributed by atoms with Crippen molar-refractivity contribution in [2.45, 2.75) is 13.8 Å². The summed E-state index contributed by atoms with van der Waals surface area (Å²) in [5, 5.41) is 0. The van der Waals surface area contributed by atoms with Crippen LogP contribution in [0, 0.1) is 0 Å². The Morgan fingerprint density at radius 3 is 2.50 bits per heavy atom. The Morgan fingerprint density at radius 2 is 2.00 bits per heavy atom. The highest BCUT2D eigenvalue weighted by atomic mass is 16.5. The second kappa shape index (κ2) is 8.44. The molecule has 0 atom stereocenters. The van der Waals surface area contributed by atoms with Gasteiger partial charge in [0.05, 0.1) is 0 Å². The lowest BCUT2D eigenvalue weighted by molar-refractivity contribution is -0.138. The van der Waals surface area contributed by atoms with Gasteiger partial charge in [-0.3, -0.25) is 4.79 Å². The van der Waals surface area contributed by atoms with Crippen LogP contribution >= 0.6 is 0 Å². The summed E-state index contributed by atoms with van der Waals surface area (Å²) in [4.78, 5) is 22.9. The van der Waals surface area contributed by atoms with Gasteiger partial charge in [-0.05, 0) is 19.2 Å². The third-order valence-corrected chi connectivity index (χ3v) is 1.86. The van der Waals surface area contributed by atoms with E-state index >= 15 is 0 Å². The summed E-state index contributed by atoms with van der Waals surface area (Å²) in [5.41, 5.74) is 0. The SMILES string of the molecule is CCN(CC)CCOC(=O)/C=C/C=O. The van der Waals surface area contributed by atoms with Crippen LogP contribution in [0.2, 0.25) is 0 Å². The van der Waals surface area contributed by atoms with E-state index in [0.29, 0.717) is 12.9 Å². The third kappa shape index (κ3) is 6.37. The van der Waals surface area contributed by atoms with Gasteiger partial charge in [0, 0.05) is 12.6 Å². The zero-order chi connectivity index (χ0) is 10.8. The molecule has 0 fully saturated rings. The van der Waals surface area contributed by atoms with Crippen LogP contribution in [0.5, 0.6) is 0 Å². The minimum atomic E-state index is -0.468. The molecule has 0 aliphatic rings. The normalized spacial score (nSPS) is 10.8. The molecule has 0 spiro atoms. The lowest BCUT2D eigenvalue weighted by Crippen LogP contribution is -2.27. The van der Waals surface area contributed by atoms with Crippen molar-refractivity contribution >= 4 is 12.3 Å². The Labute approximate surface area is 84.5 Å². The molecule has 0 amide bonds. The Kier molecular flexibility index (Phi) is 7.74. The average molecular weight is 199 g/mol. The summed E-state index contributed by atoms with van der Waals surface area (Å²) < 4.78 is 4.85. The number of nitrogens with zero attached hydrogens (tertiary/aromatic N) is 1. The zero-order valence-corrected chi connectivity index (χ0v) is 8.73. The van der Waals surface area contributed by atoms with Crippen LogP contribution in [0.4, 0.5) is 0 Å². The fraction of sp³-hybridized carbons (Fsp3) is 0.600. The Morgan fingerprint density at radius 1 is 1.36 bits per heavy atom. The first-order valence-electron chi connectivity index (χ1n) is 4.75. The van der Waals surface area contributed by atoms with Crippen molar-refractivity contribution in [2.75, 3.05) is 26.2 Å². The molecule has 0 unspecified atom stereocenters. The molecule has 0 saturated carbocycles. The first-order valence-corrected chi connectivity index (χ1v) is 4.75. The van der Waals surface area contributed by atoms with Gasteiger partial charge in [0.2, 0.25) is 0 Å². The third-order valence-electron chi connectivity index (χ3n) is 1.86. The summed E-state index contributed by atoms with van der Waals surface area (Å²) in [5.74, 6) is -0.468. The fourth-order valence-corrected chi connectivity index (χ4v) is 0.981. The van der Waals surface area contributed by atoms with Crippen LogP contribution in [-0.4, -0.2) is 43.4 Å². The quantitative estimate of drug-likeness (QED) is 0.343. The number of aldehydes is 1. The molecule has 0 heterocycles. The minimum Gasteiger partial charge on any atom is -0.461 e. The van der Waals surface area contributed by atoms with E-state index < -0.39 is 5.97 Å². The highest BCUT2D eigenvalue weighted by Crippen LogP contribution is 1.88. The van der Waals surface area contributed by atoms with Crippen LogP contribution in [0.15, 0.2) is 12.2 Å². The predicted molar refractivity (Wildman–Crippen MR) is 54.0 cm³/mol. The lowest BCUT2D eigenvalue weighted by Gasteiger charge is -2.16. The minimum absolute atomic E-state index is 0.365. The second-order valence-electron chi connectivity index (χ2n) is 2.69. The number of esters is 1. The molecule has 0 N–H and O–H groups in total. The molecule has 0 aromatic heterocycles. The molecular weight excluding hydrogens is 182 g/mol. The molecule has 0 aromatic carbocycles. The van der Waals surface area contributed by atoms with Crippen molar-refractivity contribution in [2.24, 2.45) is 0 Å². The molecular formula is C10H17NO3. The van der Waals surface area contributed by atoms with Gasteiger partial charge in [-0.1, -0.05) is 13.8 Å². The summed E-state index contributed by atoms with van der Waals surface area (Å²) in [6.45, 7) is 7.09. The molecule has 0 rings (SSSR count). The number of hydrogen-bond donors (Lipinski definition) is 0. The van der Waals surface area contributed by atoms with Crippen molar-refractivity contribution in [3.05, 3.63) is 12.2 Å². The molecule has 0 aliphatic carbocycles. The largest absolute Gasteiger partial charge is 0.461 e. The standard InChI is InChI=1S/C10H17NO3/c1-3-11(4-2)7-9-14-10(13)6-5-8-12/h5-6,8H,3-4,7,9H2,1-2H3/b6-5+. The van der Waals surface area contributed by atoms with Crippen LogP contribution in [0.1, 0.15) is 13.8 Å². The van der Waals surface area contributed by atoms with E-state index in [1.165, 1.54) is 0 Å². The molecule has 14 heavy (non-hydrogen) atoms. The maximum absolute atomic E-state index is 10.9. The number of likely N-dealkylation sites (N-methyl/N-ethyl adjacent to an activating group) is 1. The van der Waals surface area contributed by atoms with Gasteiger partial charge in [-0.15, -0.1) is 0 Å². The van der Waals surface area contributed by atoms with Crippen molar-refractivity contribution in [3.63, 3.8) is 0 Å². The van der Waals surface area contributed by atoms with E-state index in [9.17, 15) is 9.59 Å².